The Labute approximate surface area is 67.0 Å². The van der Waals surface area contributed by atoms with Crippen LogP contribution in [0.3, 0.4) is 0 Å². The van der Waals surface area contributed by atoms with E-state index in [0.717, 1.165) is 0 Å². The number of rotatable bonds is 0. The molecule has 5 nitrogen and oxygen atoms in total. The summed E-state index contributed by atoms with van der Waals surface area (Å²) in [5.41, 5.74) is 0. The average molecular weight is 227 g/mol. The molecule has 0 heterocycles. The first-order valence-corrected chi connectivity index (χ1v) is 2.35. The van der Waals surface area contributed by atoms with E-state index >= 15 is 0 Å². The zero-order valence-corrected chi connectivity index (χ0v) is 6.61. The minimum atomic E-state index is -4.64. The van der Waals surface area contributed by atoms with Crippen LogP contribution in [0.2, 0.25) is 0 Å². The Kier molecular flexibility index (Phi) is 23.3. The fraction of sp³-hybridized carbons (Fsp3) is 0. The van der Waals surface area contributed by atoms with Gasteiger partial charge in [0.1, 0.15) is 0 Å². The summed E-state index contributed by atoms with van der Waals surface area (Å²) in [6.07, 6.45) is 0. The van der Waals surface area contributed by atoms with Gasteiger partial charge in [-0.05, 0) is 0 Å². The van der Waals surface area contributed by atoms with Crippen LogP contribution in [-0.2, 0) is 38.7 Å². The second kappa shape index (κ2) is 8.11. The Balaban J connectivity index is -0.0000000267. The molecule has 0 aliphatic rings. The topological polar surface area (TPSA) is 109 Å². The van der Waals surface area contributed by atoms with E-state index in [9.17, 15) is 0 Å². The van der Waals surface area contributed by atoms with Crippen LogP contribution in [0.25, 0.3) is 0 Å². The van der Waals surface area contributed by atoms with E-state index in [0.29, 0.717) is 0 Å². The summed E-state index contributed by atoms with van der Waals surface area (Å²) in [4.78, 5) is 21.6. The third-order valence-corrected chi connectivity index (χ3v) is 0. The summed E-state index contributed by atoms with van der Waals surface area (Å²) in [6, 6.07) is 0. The van der Waals surface area contributed by atoms with Crippen molar-refractivity contribution in [1.29, 1.82) is 0 Å². The fourth-order valence-corrected chi connectivity index (χ4v) is 0. The molecule has 5 N–H and O–H groups in total. The van der Waals surface area contributed by atoms with Crippen LogP contribution < -0.4 is 0 Å². The van der Waals surface area contributed by atoms with Crippen molar-refractivity contribution in [3.8, 4) is 0 Å². The molecular weight excluding hydrogens is 222 g/mol. The van der Waals surface area contributed by atoms with Gasteiger partial charge in [-0.25, -0.2) is 4.57 Å². The minimum Gasteiger partial charge on any atom is -0.412 e. The first-order chi connectivity index (χ1) is 2.00. The fourth-order valence-electron chi connectivity index (χ4n) is 0. The molecule has 0 fully saturated rings. The molecule has 0 unspecified atom stereocenters. The average Bonchev–Trinajstić information content (AvgIpc) is 0.722. The van der Waals surface area contributed by atoms with Gasteiger partial charge in [0.25, 0.3) is 0 Å². The Hall–Kier alpha value is 1.11. The molecule has 0 atom stereocenters. The zero-order valence-electron chi connectivity index (χ0n) is 3.43. The summed E-state index contributed by atoms with van der Waals surface area (Å²) in [5, 5.41) is 0. The molecule has 0 spiro atoms. The standard InChI is InChI=1S/Fe.Mn.H3O4P.H2O/c;;1-5(2,3)4;/h;;(H3,1,2,3,4);1H2. The van der Waals surface area contributed by atoms with Crippen molar-refractivity contribution in [1.82, 2.24) is 0 Å². The van der Waals surface area contributed by atoms with Gasteiger partial charge >= 0.3 is 7.82 Å². The molecule has 1 radical (unpaired) electrons. The predicted molar refractivity (Wildman–Crippen MR) is 17.9 cm³/mol. The van der Waals surface area contributed by atoms with Gasteiger partial charge in [0, 0.05) is 34.1 Å². The molecule has 0 amide bonds. The maximum atomic E-state index is 8.88. The van der Waals surface area contributed by atoms with E-state index in [2.05, 4.69) is 0 Å². The zero-order chi connectivity index (χ0) is 4.50. The Morgan fingerprint density at radius 1 is 1.12 bits per heavy atom. The SMILES string of the molecule is O.O=P(O)(O)O.[Fe].[Mn]. The van der Waals surface area contributed by atoms with Crippen molar-refractivity contribution in [2.45, 2.75) is 0 Å². The third kappa shape index (κ3) is 216. The van der Waals surface area contributed by atoms with Crippen LogP contribution in [0.5, 0.6) is 0 Å². The van der Waals surface area contributed by atoms with Crippen LogP contribution in [0.15, 0.2) is 0 Å². The van der Waals surface area contributed by atoms with Crippen LogP contribution in [0, 0.1) is 0 Å². The predicted octanol–water partition coefficient (Wildman–Crippen LogP) is -1.76. The Morgan fingerprint density at radius 3 is 1.12 bits per heavy atom. The molecule has 0 bridgehead atoms. The summed E-state index contributed by atoms with van der Waals surface area (Å²) in [7, 11) is -4.64. The van der Waals surface area contributed by atoms with Gasteiger partial charge in [0.05, 0.1) is 0 Å². The first-order valence-electron chi connectivity index (χ1n) is 0.783. The first kappa shape index (κ1) is 22.9. The smallest absolute Gasteiger partial charge is 0.412 e. The molecule has 8 heteroatoms. The van der Waals surface area contributed by atoms with Crippen molar-refractivity contribution < 1.29 is 58.9 Å². The molecule has 0 saturated heterocycles. The summed E-state index contributed by atoms with van der Waals surface area (Å²) >= 11 is 0. The molecule has 0 saturated carbocycles. The monoisotopic (exact) mass is 227 g/mol. The largest absolute Gasteiger partial charge is 0.466 e. The maximum Gasteiger partial charge on any atom is 0.466 e. The Morgan fingerprint density at radius 2 is 1.12 bits per heavy atom. The third-order valence-electron chi connectivity index (χ3n) is 0. The van der Waals surface area contributed by atoms with Gasteiger partial charge < -0.3 is 20.2 Å². The summed E-state index contributed by atoms with van der Waals surface area (Å²) in [5.74, 6) is 0. The van der Waals surface area contributed by atoms with Gasteiger partial charge in [0.15, 0.2) is 0 Å². The van der Waals surface area contributed by atoms with E-state index in [1.54, 1.807) is 0 Å². The molecule has 55 valence electrons. The van der Waals surface area contributed by atoms with Gasteiger partial charge in [0.2, 0.25) is 0 Å². The Bertz CT molecular complexity index is 58.6. The molecular formula is H5FeMnO5P. The van der Waals surface area contributed by atoms with Crippen molar-refractivity contribution in [2.75, 3.05) is 0 Å². The van der Waals surface area contributed by atoms with Gasteiger partial charge in [-0.2, -0.15) is 0 Å². The van der Waals surface area contributed by atoms with Crippen molar-refractivity contribution in [3.63, 3.8) is 0 Å². The van der Waals surface area contributed by atoms with Gasteiger partial charge in [-0.3, -0.25) is 0 Å². The van der Waals surface area contributed by atoms with E-state index in [1.165, 1.54) is 0 Å². The van der Waals surface area contributed by atoms with Gasteiger partial charge in [-0.15, -0.1) is 0 Å². The van der Waals surface area contributed by atoms with Crippen LogP contribution in [0.4, 0.5) is 0 Å². The quantitative estimate of drug-likeness (QED) is 0.336. The van der Waals surface area contributed by atoms with E-state index in [1.807, 2.05) is 0 Å². The number of hydrogen-bond acceptors (Lipinski definition) is 1. The van der Waals surface area contributed by atoms with Crippen molar-refractivity contribution in [2.24, 2.45) is 0 Å². The van der Waals surface area contributed by atoms with Crippen molar-refractivity contribution in [3.05, 3.63) is 0 Å². The van der Waals surface area contributed by atoms with Crippen LogP contribution >= 0.6 is 7.82 Å². The number of phosphoric acid groups is 1. The normalized spacial score (nSPS) is 7.38. The molecule has 0 aromatic rings. The molecule has 0 aliphatic heterocycles. The second-order valence-corrected chi connectivity index (χ2v) is 1.54. The summed E-state index contributed by atoms with van der Waals surface area (Å²) in [6.45, 7) is 0. The van der Waals surface area contributed by atoms with E-state index in [-0.39, 0.29) is 39.6 Å². The van der Waals surface area contributed by atoms with Gasteiger partial charge in [-0.1, -0.05) is 0 Å². The van der Waals surface area contributed by atoms with E-state index < -0.39 is 7.82 Å². The molecule has 8 heavy (non-hydrogen) atoms. The molecule has 0 rings (SSSR count). The van der Waals surface area contributed by atoms with Crippen molar-refractivity contribution >= 4 is 7.82 Å². The molecule has 0 aliphatic carbocycles. The molecule has 0 aromatic carbocycles. The van der Waals surface area contributed by atoms with Crippen LogP contribution in [0.1, 0.15) is 0 Å². The number of hydrogen-bond donors (Lipinski definition) is 3. The molecule has 0 aromatic heterocycles. The minimum absolute atomic E-state index is 0. The van der Waals surface area contributed by atoms with E-state index in [4.69, 9.17) is 19.2 Å². The maximum absolute atomic E-state index is 8.88. The second-order valence-electron chi connectivity index (χ2n) is 0.513. The summed E-state index contributed by atoms with van der Waals surface area (Å²) < 4.78 is 8.88. The van der Waals surface area contributed by atoms with Crippen LogP contribution in [-0.4, -0.2) is 20.2 Å².